The number of hydrogen-bond donors (Lipinski definition) is 2. The lowest BCUT2D eigenvalue weighted by molar-refractivity contribution is 0.0871. The van der Waals surface area contributed by atoms with Gasteiger partial charge in [-0.15, -0.1) is 0 Å². The SMILES string of the molecule is CCOCC(C)NC(=O)c1ccc(C)c(O)c1. The number of nitrogens with one attached hydrogen (secondary N) is 1. The molecule has 0 saturated heterocycles. The Balaban J connectivity index is 2.60. The zero-order valence-electron chi connectivity index (χ0n) is 10.5. The predicted molar refractivity (Wildman–Crippen MR) is 66.3 cm³/mol. The highest BCUT2D eigenvalue weighted by Crippen LogP contribution is 2.17. The van der Waals surface area contributed by atoms with Crippen molar-refractivity contribution in [2.45, 2.75) is 26.8 Å². The molecule has 1 rings (SSSR count). The van der Waals surface area contributed by atoms with Crippen LogP contribution in [0.4, 0.5) is 0 Å². The van der Waals surface area contributed by atoms with E-state index in [0.717, 1.165) is 5.56 Å². The van der Waals surface area contributed by atoms with Gasteiger partial charge in [0, 0.05) is 18.2 Å². The summed E-state index contributed by atoms with van der Waals surface area (Å²) in [6.07, 6.45) is 0. The molecule has 1 unspecified atom stereocenters. The highest BCUT2D eigenvalue weighted by molar-refractivity contribution is 5.94. The highest BCUT2D eigenvalue weighted by Gasteiger charge is 2.10. The summed E-state index contributed by atoms with van der Waals surface area (Å²) in [5, 5.41) is 12.3. The standard InChI is InChI=1S/C13H19NO3/c1-4-17-8-10(3)14-13(16)11-6-5-9(2)12(15)7-11/h5-7,10,15H,4,8H2,1-3H3,(H,14,16). The van der Waals surface area contributed by atoms with Crippen molar-refractivity contribution in [3.05, 3.63) is 29.3 Å². The molecule has 1 aromatic rings. The minimum atomic E-state index is -0.201. The number of benzene rings is 1. The van der Waals surface area contributed by atoms with E-state index in [-0.39, 0.29) is 17.7 Å². The molecule has 0 heterocycles. The van der Waals surface area contributed by atoms with E-state index < -0.39 is 0 Å². The number of carbonyl (C=O) groups excluding carboxylic acids is 1. The quantitative estimate of drug-likeness (QED) is 0.821. The molecule has 0 fully saturated rings. The molecule has 0 aromatic heterocycles. The van der Waals surface area contributed by atoms with Crippen LogP contribution in [0.3, 0.4) is 0 Å². The van der Waals surface area contributed by atoms with Crippen LogP contribution in [0, 0.1) is 6.92 Å². The number of amides is 1. The van der Waals surface area contributed by atoms with E-state index in [1.165, 1.54) is 6.07 Å². The largest absolute Gasteiger partial charge is 0.508 e. The van der Waals surface area contributed by atoms with E-state index >= 15 is 0 Å². The number of phenols is 1. The van der Waals surface area contributed by atoms with Gasteiger partial charge in [-0.05, 0) is 38.5 Å². The molecular formula is C13H19NO3. The van der Waals surface area contributed by atoms with Gasteiger partial charge in [0.25, 0.3) is 5.91 Å². The Bertz CT molecular complexity index is 390. The summed E-state index contributed by atoms with van der Waals surface area (Å²) in [5.74, 6) is -0.0670. The third-order valence-corrected chi connectivity index (χ3v) is 2.42. The summed E-state index contributed by atoms with van der Waals surface area (Å²) in [6.45, 7) is 6.69. The van der Waals surface area contributed by atoms with E-state index in [1.807, 2.05) is 13.8 Å². The first-order valence-corrected chi connectivity index (χ1v) is 5.72. The topological polar surface area (TPSA) is 58.6 Å². The van der Waals surface area contributed by atoms with Crippen molar-refractivity contribution in [3.63, 3.8) is 0 Å². The van der Waals surface area contributed by atoms with Crippen LogP contribution in [-0.2, 0) is 4.74 Å². The summed E-state index contributed by atoms with van der Waals surface area (Å²) >= 11 is 0. The summed E-state index contributed by atoms with van der Waals surface area (Å²) in [6, 6.07) is 4.83. The Morgan fingerprint density at radius 3 is 2.82 bits per heavy atom. The molecule has 0 radical (unpaired) electrons. The van der Waals surface area contributed by atoms with E-state index in [0.29, 0.717) is 18.8 Å². The van der Waals surface area contributed by atoms with E-state index in [1.54, 1.807) is 19.1 Å². The first-order valence-electron chi connectivity index (χ1n) is 5.72. The van der Waals surface area contributed by atoms with Crippen molar-refractivity contribution in [2.75, 3.05) is 13.2 Å². The molecule has 4 heteroatoms. The van der Waals surface area contributed by atoms with Crippen LogP contribution in [-0.4, -0.2) is 30.3 Å². The van der Waals surface area contributed by atoms with E-state index in [2.05, 4.69) is 5.32 Å². The molecule has 0 saturated carbocycles. The zero-order chi connectivity index (χ0) is 12.8. The molecular weight excluding hydrogens is 218 g/mol. The molecule has 0 spiro atoms. The normalized spacial score (nSPS) is 12.2. The predicted octanol–water partition coefficient (Wildman–Crippen LogP) is 1.86. The van der Waals surface area contributed by atoms with Crippen molar-refractivity contribution < 1.29 is 14.6 Å². The Kier molecular flexibility index (Phi) is 4.97. The van der Waals surface area contributed by atoms with Crippen LogP contribution in [0.1, 0.15) is 29.8 Å². The van der Waals surface area contributed by atoms with Gasteiger partial charge in [0.1, 0.15) is 5.75 Å². The van der Waals surface area contributed by atoms with Gasteiger partial charge in [-0.2, -0.15) is 0 Å². The second kappa shape index (κ2) is 6.25. The van der Waals surface area contributed by atoms with Gasteiger partial charge in [0.05, 0.1) is 6.61 Å². The maximum atomic E-state index is 11.8. The van der Waals surface area contributed by atoms with Crippen molar-refractivity contribution in [3.8, 4) is 5.75 Å². The molecule has 1 aromatic carbocycles. The Labute approximate surface area is 102 Å². The third kappa shape index (κ3) is 4.07. The Morgan fingerprint density at radius 1 is 1.53 bits per heavy atom. The van der Waals surface area contributed by atoms with Crippen LogP contribution in [0.5, 0.6) is 5.75 Å². The van der Waals surface area contributed by atoms with Gasteiger partial charge in [-0.3, -0.25) is 4.79 Å². The van der Waals surface area contributed by atoms with Gasteiger partial charge >= 0.3 is 0 Å². The van der Waals surface area contributed by atoms with E-state index in [9.17, 15) is 9.90 Å². The molecule has 1 atom stereocenters. The number of phenolic OH excluding ortho intramolecular Hbond substituents is 1. The first-order chi connectivity index (χ1) is 8.04. The van der Waals surface area contributed by atoms with Crippen LogP contribution in [0.15, 0.2) is 18.2 Å². The molecule has 17 heavy (non-hydrogen) atoms. The van der Waals surface area contributed by atoms with Crippen LogP contribution >= 0.6 is 0 Å². The molecule has 1 amide bonds. The van der Waals surface area contributed by atoms with Gasteiger partial charge in [0.15, 0.2) is 0 Å². The fourth-order valence-corrected chi connectivity index (χ4v) is 1.39. The number of aryl methyl sites for hydroxylation is 1. The number of rotatable bonds is 5. The monoisotopic (exact) mass is 237 g/mol. The lowest BCUT2D eigenvalue weighted by Crippen LogP contribution is -2.35. The van der Waals surface area contributed by atoms with Crippen molar-refractivity contribution >= 4 is 5.91 Å². The summed E-state index contributed by atoms with van der Waals surface area (Å²) < 4.78 is 5.21. The third-order valence-electron chi connectivity index (χ3n) is 2.42. The summed E-state index contributed by atoms with van der Waals surface area (Å²) in [4.78, 5) is 11.8. The summed E-state index contributed by atoms with van der Waals surface area (Å²) in [7, 11) is 0. The molecule has 0 aliphatic heterocycles. The van der Waals surface area contributed by atoms with Gasteiger partial charge < -0.3 is 15.2 Å². The van der Waals surface area contributed by atoms with Gasteiger partial charge in [-0.25, -0.2) is 0 Å². The minimum Gasteiger partial charge on any atom is -0.508 e. The number of hydrogen-bond acceptors (Lipinski definition) is 3. The zero-order valence-corrected chi connectivity index (χ0v) is 10.5. The lowest BCUT2D eigenvalue weighted by atomic mass is 10.1. The first kappa shape index (κ1) is 13.5. The van der Waals surface area contributed by atoms with Gasteiger partial charge in [0.2, 0.25) is 0 Å². The lowest BCUT2D eigenvalue weighted by Gasteiger charge is -2.13. The Morgan fingerprint density at radius 2 is 2.24 bits per heavy atom. The second-order valence-electron chi connectivity index (χ2n) is 4.04. The van der Waals surface area contributed by atoms with Crippen molar-refractivity contribution in [2.24, 2.45) is 0 Å². The summed E-state index contributed by atoms with van der Waals surface area (Å²) in [5.41, 5.74) is 1.21. The molecule has 0 aliphatic rings. The fourth-order valence-electron chi connectivity index (χ4n) is 1.39. The molecule has 94 valence electrons. The molecule has 0 bridgehead atoms. The number of aromatic hydroxyl groups is 1. The van der Waals surface area contributed by atoms with Crippen molar-refractivity contribution in [1.82, 2.24) is 5.32 Å². The Hall–Kier alpha value is -1.55. The number of carbonyl (C=O) groups is 1. The second-order valence-corrected chi connectivity index (χ2v) is 4.04. The minimum absolute atomic E-state index is 0.0501. The maximum Gasteiger partial charge on any atom is 0.251 e. The van der Waals surface area contributed by atoms with Crippen LogP contribution in [0.2, 0.25) is 0 Å². The van der Waals surface area contributed by atoms with E-state index in [4.69, 9.17) is 4.74 Å². The fraction of sp³-hybridized carbons (Fsp3) is 0.462. The molecule has 2 N–H and O–H groups in total. The number of ether oxygens (including phenoxy) is 1. The van der Waals surface area contributed by atoms with Crippen LogP contribution in [0.25, 0.3) is 0 Å². The molecule has 4 nitrogen and oxygen atoms in total. The van der Waals surface area contributed by atoms with Gasteiger partial charge in [-0.1, -0.05) is 6.07 Å². The maximum absolute atomic E-state index is 11.8. The average molecular weight is 237 g/mol. The van der Waals surface area contributed by atoms with Crippen molar-refractivity contribution in [1.29, 1.82) is 0 Å². The van der Waals surface area contributed by atoms with Crippen LogP contribution < -0.4 is 5.32 Å². The average Bonchev–Trinajstić information content (AvgIpc) is 2.30. The molecule has 0 aliphatic carbocycles. The smallest absolute Gasteiger partial charge is 0.251 e. The highest BCUT2D eigenvalue weighted by atomic mass is 16.5.